The molecule has 0 radical (unpaired) electrons. The van der Waals surface area contributed by atoms with Crippen molar-refractivity contribution < 1.29 is 19.1 Å². The first-order valence-electron chi connectivity index (χ1n) is 6.40. The van der Waals surface area contributed by atoms with Gasteiger partial charge in [-0.25, -0.2) is 14.8 Å². The quantitative estimate of drug-likeness (QED) is 0.556. The third-order valence-electron chi connectivity index (χ3n) is 3.24. The fourth-order valence-electron chi connectivity index (χ4n) is 2.30. The summed E-state index contributed by atoms with van der Waals surface area (Å²) in [5.74, 6) is -1.27. The number of rotatable bonds is 5. The molecule has 0 bridgehead atoms. The SMILES string of the molecule is C=CCOC(=O)C1=C(C(=O)CC)CN2C[C@H](N)C(=O)N12.Cl. The Morgan fingerprint density at radius 2 is 2.19 bits per heavy atom. The molecule has 2 heterocycles. The largest absolute Gasteiger partial charge is 0.457 e. The molecule has 0 spiro atoms. The summed E-state index contributed by atoms with van der Waals surface area (Å²) in [5.41, 5.74) is 5.98. The van der Waals surface area contributed by atoms with Gasteiger partial charge < -0.3 is 10.5 Å². The number of carbonyl (C=O) groups excluding carboxylic acids is 3. The number of fused-ring (bicyclic) bond motifs is 1. The Balaban J connectivity index is 0.00000220. The van der Waals surface area contributed by atoms with Crippen LogP contribution in [-0.4, -0.2) is 53.4 Å². The number of halogens is 1. The molecule has 2 aliphatic heterocycles. The predicted molar refractivity (Wildman–Crippen MR) is 77.1 cm³/mol. The fourth-order valence-corrected chi connectivity index (χ4v) is 2.30. The molecule has 21 heavy (non-hydrogen) atoms. The van der Waals surface area contributed by atoms with Gasteiger partial charge in [0.2, 0.25) is 0 Å². The number of amides is 1. The maximum absolute atomic E-state index is 12.1. The maximum Gasteiger partial charge on any atom is 0.357 e. The Hall–Kier alpha value is -1.70. The number of nitrogens with zero attached hydrogens (tertiary/aromatic N) is 2. The van der Waals surface area contributed by atoms with Gasteiger partial charge in [-0.1, -0.05) is 19.6 Å². The highest BCUT2D eigenvalue weighted by Crippen LogP contribution is 2.30. The molecule has 1 amide bonds. The van der Waals surface area contributed by atoms with Gasteiger partial charge in [0.15, 0.2) is 11.5 Å². The number of nitrogens with two attached hydrogens (primary N) is 1. The first-order chi connectivity index (χ1) is 9.51. The molecule has 1 fully saturated rings. The second-order valence-electron chi connectivity index (χ2n) is 4.59. The number of hydrogen-bond acceptors (Lipinski definition) is 6. The molecule has 2 rings (SSSR count). The Morgan fingerprint density at radius 1 is 1.52 bits per heavy atom. The van der Waals surface area contributed by atoms with Gasteiger partial charge in [-0.15, -0.1) is 12.4 Å². The zero-order valence-corrected chi connectivity index (χ0v) is 12.5. The van der Waals surface area contributed by atoms with E-state index < -0.39 is 17.9 Å². The van der Waals surface area contributed by atoms with E-state index in [0.717, 1.165) is 0 Å². The van der Waals surface area contributed by atoms with Crippen LogP contribution in [0, 0.1) is 0 Å². The van der Waals surface area contributed by atoms with Gasteiger partial charge in [0.25, 0.3) is 5.91 Å². The molecule has 0 aromatic rings. The maximum atomic E-state index is 12.1. The van der Waals surface area contributed by atoms with Crippen LogP contribution in [-0.2, 0) is 19.1 Å². The molecule has 0 unspecified atom stereocenters. The van der Waals surface area contributed by atoms with Gasteiger partial charge in [-0.3, -0.25) is 9.59 Å². The van der Waals surface area contributed by atoms with Gasteiger partial charge in [-0.2, -0.15) is 0 Å². The minimum atomic E-state index is -0.702. The lowest BCUT2D eigenvalue weighted by atomic mass is 10.1. The lowest BCUT2D eigenvalue weighted by molar-refractivity contribution is -0.146. The molecule has 7 nitrogen and oxygen atoms in total. The van der Waals surface area contributed by atoms with Crippen molar-refractivity contribution in [2.45, 2.75) is 19.4 Å². The molecular formula is C13H18ClN3O4. The van der Waals surface area contributed by atoms with Crippen LogP contribution in [0.5, 0.6) is 0 Å². The molecule has 0 saturated carbocycles. The number of carbonyl (C=O) groups is 3. The third-order valence-corrected chi connectivity index (χ3v) is 3.24. The summed E-state index contributed by atoms with van der Waals surface area (Å²) in [6.45, 7) is 5.67. The average Bonchev–Trinajstić information content (AvgIpc) is 2.93. The summed E-state index contributed by atoms with van der Waals surface area (Å²) in [7, 11) is 0. The van der Waals surface area contributed by atoms with E-state index in [9.17, 15) is 14.4 Å². The number of ether oxygens (including phenoxy) is 1. The third kappa shape index (κ3) is 2.99. The van der Waals surface area contributed by atoms with Gasteiger partial charge in [0.1, 0.15) is 12.6 Å². The second-order valence-corrected chi connectivity index (χ2v) is 4.59. The topological polar surface area (TPSA) is 92.9 Å². The zero-order chi connectivity index (χ0) is 14.9. The molecule has 0 aromatic carbocycles. The highest BCUT2D eigenvalue weighted by Gasteiger charge is 2.47. The lowest BCUT2D eigenvalue weighted by Gasteiger charge is -2.20. The van der Waals surface area contributed by atoms with E-state index in [1.54, 1.807) is 11.9 Å². The molecule has 0 aliphatic carbocycles. The van der Waals surface area contributed by atoms with E-state index in [0.29, 0.717) is 5.57 Å². The number of hydrazine groups is 1. The molecule has 1 saturated heterocycles. The van der Waals surface area contributed by atoms with E-state index in [4.69, 9.17) is 10.5 Å². The highest BCUT2D eigenvalue weighted by atomic mass is 35.5. The van der Waals surface area contributed by atoms with E-state index in [1.165, 1.54) is 11.1 Å². The van der Waals surface area contributed by atoms with Gasteiger partial charge >= 0.3 is 5.97 Å². The van der Waals surface area contributed by atoms with Crippen LogP contribution in [0.1, 0.15) is 13.3 Å². The molecule has 116 valence electrons. The molecule has 8 heteroatoms. The van der Waals surface area contributed by atoms with Gasteiger partial charge in [-0.05, 0) is 0 Å². The van der Waals surface area contributed by atoms with Crippen LogP contribution in [0.4, 0.5) is 0 Å². The highest BCUT2D eigenvalue weighted by molar-refractivity contribution is 6.07. The van der Waals surface area contributed by atoms with Crippen LogP contribution < -0.4 is 5.73 Å². The van der Waals surface area contributed by atoms with E-state index in [-0.39, 0.29) is 50.0 Å². The zero-order valence-electron chi connectivity index (χ0n) is 11.7. The van der Waals surface area contributed by atoms with Crippen molar-refractivity contribution in [1.29, 1.82) is 0 Å². The summed E-state index contributed by atoms with van der Waals surface area (Å²) < 4.78 is 4.96. The van der Waals surface area contributed by atoms with E-state index >= 15 is 0 Å². The van der Waals surface area contributed by atoms with Crippen molar-refractivity contribution in [1.82, 2.24) is 10.0 Å². The number of hydrogen-bond donors (Lipinski definition) is 1. The average molecular weight is 316 g/mol. The van der Waals surface area contributed by atoms with Crippen LogP contribution >= 0.6 is 12.4 Å². The number of esters is 1. The predicted octanol–water partition coefficient (Wildman–Crippen LogP) is -0.229. The number of ketones is 1. The smallest absolute Gasteiger partial charge is 0.357 e. The molecular weight excluding hydrogens is 298 g/mol. The summed E-state index contributed by atoms with van der Waals surface area (Å²) >= 11 is 0. The molecule has 2 N–H and O–H groups in total. The first-order valence-corrected chi connectivity index (χ1v) is 6.40. The van der Waals surface area contributed by atoms with E-state index in [2.05, 4.69) is 6.58 Å². The Morgan fingerprint density at radius 3 is 2.76 bits per heavy atom. The van der Waals surface area contributed by atoms with Gasteiger partial charge in [0, 0.05) is 25.1 Å². The van der Waals surface area contributed by atoms with Crippen LogP contribution in [0.3, 0.4) is 0 Å². The second kappa shape index (κ2) is 6.84. The molecule has 0 aromatic heterocycles. The summed E-state index contributed by atoms with van der Waals surface area (Å²) in [5, 5.41) is 2.78. The van der Waals surface area contributed by atoms with Gasteiger partial charge in [0.05, 0.1) is 0 Å². The Labute approximate surface area is 128 Å². The Bertz CT molecular complexity index is 518. The first kappa shape index (κ1) is 17.4. The minimum absolute atomic E-state index is 0. The minimum Gasteiger partial charge on any atom is -0.457 e. The lowest BCUT2D eigenvalue weighted by Crippen LogP contribution is -2.38. The summed E-state index contributed by atoms with van der Waals surface area (Å²) in [4.78, 5) is 36.0. The van der Waals surface area contributed by atoms with Crippen LogP contribution in [0.25, 0.3) is 0 Å². The van der Waals surface area contributed by atoms with Crippen molar-refractivity contribution in [2.75, 3.05) is 19.7 Å². The van der Waals surface area contributed by atoms with Crippen molar-refractivity contribution in [3.05, 3.63) is 23.9 Å². The fraction of sp³-hybridized carbons (Fsp3) is 0.462. The summed E-state index contributed by atoms with van der Waals surface area (Å²) in [6, 6.07) is -0.685. The van der Waals surface area contributed by atoms with Crippen molar-refractivity contribution in [2.24, 2.45) is 5.73 Å². The standard InChI is InChI=1S/C13H17N3O4.ClH/c1-3-5-20-13(19)11-8(10(17)4-2)6-15-7-9(14)12(18)16(11)15;/h3,9H,1,4-7,14H2,2H3;1H/t9-;/m0./s1. The van der Waals surface area contributed by atoms with Crippen molar-refractivity contribution in [3.63, 3.8) is 0 Å². The number of Topliss-reactive ketones (excluding diaryl/α,β-unsaturated/α-hetero) is 1. The van der Waals surface area contributed by atoms with E-state index in [1.807, 2.05) is 0 Å². The van der Waals surface area contributed by atoms with Crippen LogP contribution in [0.2, 0.25) is 0 Å². The normalized spacial score (nSPS) is 21.1. The molecule has 1 atom stereocenters. The summed E-state index contributed by atoms with van der Waals surface area (Å²) in [6.07, 6.45) is 1.68. The van der Waals surface area contributed by atoms with Crippen molar-refractivity contribution >= 4 is 30.1 Å². The van der Waals surface area contributed by atoms with Crippen LogP contribution in [0.15, 0.2) is 23.9 Å². The van der Waals surface area contributed by atoms with Crippen molar-refractivity contribution in [3.8, 4) is 0 Å². The molecule has 2 aliphatic rings. The monoisotopic (exact) mass is 315 g/mol. The Kier molecular flexibility index (Phi) is 5.65.